The average molecular weight is 242 g/mol. The van der Waals surface area contributed by atoms with Gasteiger partial charge in [0.25, 0.3) is 0 Å². The molecule has 0 aliphatic carbocycles. The molecule has 2 aromatic rings. The molecular formula is C14H14N2O2. The topological polar surface area (TPSA) is 89.3 Å². The summed E-state index contributed by atoms with van der Waals surface area (Å²) in [6.45, 7) is 0. The van der Waals surface area contributed by atoms with Crippen LogP contribution in [0.15, 0.2) is 42.5 Å². The Morgan fingerprint density at radius 2 is 1.61 bits per heavy atom. The highest BCUT2D eigenvalue weighted by atomic mass is 16.4. The molecule has 0 spiro atoms. The number of aromatic carboxylic acids is 1. The average Bonchev–Trinajstić information content (AvgIpc) is 2.34. The van der Waals surface area contributed by atoms with E-state index in [9.17, 15) is 4.79 Å². The molecule has 0 atom stereocenters. The number of hydrogen-bond donors (Lipinski definition) is 3. The van der Waals surface area contributed by atoms with Crippen LogP contribution in [0.25, 0.3) is 0 Å². The normalized spacial score (nSPS) is 10.2. The van der Waals surface area contributed by atoms with E-state index in [2.05, 4.69) is 0 Å². The van der Waals surface area contributed by atoms with Crippen molar-refractivity contribution >= 4 is 17.3 Å². The van der Waals surface area contributed by atoms with Crippen LogP contribution in [0.1, 0.15) is 21.5 Å². The summed E-state index contributed by atoms with van der Waals surface area (Å²) < 4.78 is 0. The molecule has 0 saturated heterocycles. The van der Waals surface area contributed by atoms with Crippen molar-refractivity contribution in [1.29, 1.82) is 0 Å². The first-order chi connectivity index (χ1) is 8.56. The number of anilines is 2. The Hall–Kier alpha value is -2.49. The van der Waals surface area contributed by atoms with Gasteiger partial charge in [-0.2, -0.15) is 0 Å². The molecule has 0 amide bonds. The third-order valence-electron chi connectivity index (χ3n) is 2.74. The zero-order valence-electron chi connectivity index (χ0n) is 9.76. The first-order valence-electron chi connectivity index (χ1n) is 5.52. The van der Waals surface area contributed by atoms with Crippen molar-refractivity contribution in [2.45, 2.75) is 6.42 Å². The molecule has 18 heavy (non-hydrogen) atoms. The van der Waals surface area contributed by atoms with Gasteiger partial charge in [0.2, 0.25) is 0 Å². The SMILES string of the molecule is Nc1ccc(Cc2ccc(N)c(C(=O)O)c2)cc1. The summed E-state index contributed by atoms with van der Waals surface area (Å²) in [7, 11) is 0. The van der Waals surface area contributed by atoms with E-state index >= 15 is 0 Å². The lowest BCUT2D eigenvalue weighted by Gasteiger charge is -2.06. The molecule has 0 bridgehead atoms. The number of nitrogens with two attached hydrogens (primary N) is 2. The molecule has 0 saturated carbocycles. The molecule has 0 fully saturated rings. The zero-order valence-corrected chi connectivity index (χ0v) is 9.76. The van der Waals surface area contributed by atoms with Gasteiger partial charge in [-0.3, -0.25) is 0 Å². The van der Waals surface area contributed by atoms with Gasteiger partial charge in [-0.15, -0.1) is 0 Å². The highest BCUT2D eigenvalue weighted by Crippen LogP contribution is 2.17. The number of hydrogen-bond acceptors (Lipinski definition) is 3. The molecule has 2 rings (SSSR count). The van der Waals surface area contributed by atoms with Gasteiger partial charge < -0.3 is 16.6 Å². The van der Waals surface area contributed by atoms with Crippen LogP contribution in [0.5, 0.6) is 0 Å². The summed E-state index contributed by atoms with van der Waals surface area (Å²) in [6, 6.07) is 12.6. The van der Waals surface area contributed by atoms with Gasteiger partial charge >= 0.3 is 5.97 Å². The van der Waals surface area contributed by atoms with E-state index in [1.165, 1.54) is 0 Å². The summed E-state index contributed by atoms with van der Waals surface area (Å²) in [6.07, 6.45) is 0.654. The highest BCUT2D eigenvalue weighted by molar-refractivity contribution is 5.93. The van der Waals surface area contributed by atoms with Crippen molar-refractivity contribution in [2.75, 3.05) is 11.5 Å². The molecule has 5 N–H and O–H groups in total. The van der Waals surface area contributed by atoms with Gasteiger partial charge in [0.05, 0.1) is 5.56 Å². The summed E-state index contributed by atoms with van der Waals surface area (Å²) in [5, 5.41) is 9.00. The van der Waals surface area contributed by atoms with Crippen molar-refractivity contribution in [3.8, 4) is 0 Å². The molecule has 0 aliphatic rings. The third kappa shape index (κ3) is 2.60. The second-order valence-electron chi connectivity index (χ2n) is 4.15. The third-order valence-corrected chi connectivity index (χ3v) is 2.74. The number of carboxylic acid groups (broad SMARTS) is 1. The van der Waals surface area contributed by atoms with Crippen LogP contribution < -0.4 is 11.5 Å². The van der Waals surface area contributed by atoms with Gasteiger partial charge in [-0.1, -0.05) is 18.2 Å². The van der Waals surface area contributed by atoms with Crippen molar-refractivity contribution in [2.24, 2.45) is 0 Å². The van der Waals surface area contributed by atoms with Crippen molar-refractivity contribution in [3.63, 3.8) is 0 Å². The van der Waals surface area contributed by atoms with Crippen LogP contribution in [0.3, 0.4) is 0 Å². The minimum Gasteiger partial charge on any atom is -0.478 e. The fourth-order valence-electron chi connectivity index (χ4n) is 1.77. The fourth-order valence-corrected chi connectivity index (χ4v) is 1.77. The molecule has 0 radical (unpaired) electrons. The lowest BCUT2D eigenvalue weighted by molar-refractivity contribution is 0.0698. The maximum atomic E-state index is 11.0. The van der Waals surface area contributed by atoms with Crippen LogP contribution in [0, 0.1) is 0 Å². The standard InChI is InChI=1S/C14H14N2O2/c15-11-4-1-9(2-5-11)7-10-3-6-13(16)12(8-10)14(17)18/h1-6,8H,7,15-16H2,(H,17,18). The second-order valence-corrected chi connectivity index (χ2v) is 4.15. The summed E-state index contributed by atoms with van der Waals surface area (Å²) in [5.74, 6) is -1.01. The summed E-state index contributed by atoms with van der Waals surface area (Å²) >= 11 is 0. The van der Waals surface area contributed by atoms with Crippen LogP contribution >= 0.6 is 0 Å². The first kappa shape index (κ1) is 12.0. The zero-order chi connectivity index (χ0) is 13.1. The molecule has 2 aromatic carbocycles. The summed E-state index contributed by atoms with van der Waals surface area (Å²) in [4.78, 5) is 11.0. The van der Waals surface area contributed by atoms with Crippen LogP contribution in [-0.4, -0.2) is 11.1 Å². The van der Waals surface area contributed by atoms with E-state index in [1.54, 1.807) is 12.1 Å². The number of rotatable bonds is 3. The second kappa shape index (κ2) is 4.79. The molecule has 0 aliphatic heterocycles. The van der Waals surface area contributed by atoms with E-state index in [0.29, 0.717) is 12.1 Å². The van der Waals surface area contributed by atoms with E-state index in [0.717, 1.165) is 11.1 Å². The Bertz CT molecular complexity index is 577. The summed E-state index contributed by atoms with van der Waals surface area (Å²) in [5.41, 5.74) is 14.3. The Labute approximate surface area is 105 Å². The van der Waals surface area contributed by atoms with Gasteiger partial charge in [0, 0.05) is 11.4 Å². The predicted octanol–water partition coefficient (Wildman–Crippen LogP) is 2.14. The fraction of sp³-hybridized carbons (Fsp3) is 0.0714. The number of carbonyl (C=O) groups is 1. The maximum Gasteiger partial charge on any atom is 0.337 e. The van der Waals surface area contributed by atoms with Crippen LogP contribution in [0.2, 0.25) is 0 Å². The van der Waals surface area contributed by atoms with Crippen molar-refractivity contribution < 1.29 is 9.90 Å². The van der Waals surface area contributed by atoms with Gasteiger partial charge in [-0.25, -0.2) is 4.79 Å². The molecular weight excluding hydrogens is 228 g/mol. The Balaban J connectivity index is 2.27. The van der Waals surface area contributed by atoms with Gasteiger partial charge in [0.15, 0.2) is 0 Å². The predicted molar refractivity (Wildman–Crippen MR) is 71.5 cm³/mol. The minimum absolute atomic E-state index is 0.142. The quantitative estimate of drug-likeness (QED) is 0.719. The molecule has 0 unspecified atom stereocenters. The van der Waals surface area contributed by atoms with Gasteiger partial charge in [-0.05, 0) is 41.8 Å². The molecule has 0 aromatic heterocycles. The van der Waals surface area contributed by atoms with Gasteiger partial charge in [0.1, 0.15) is 0 Å². The number of benzene rings is 2. The van der Waals surface area contributed by atoms with E-state index in [1.807, 2.05) is 30.3 Å². The molecule has 92 valence electrons. The van der Waals surface area contributed by atoms with E-state index in [4.69, 9.17) is 16.6 Å². The molecule has 4 nitrogen and oxygen atoms in total. The monoisotopic (exact) mass is 242 g/mol. The molecule has 0 heterocycles. The van der Waals surface area contributed by atoms with Crippen LogP contribution in [0.4, 0.5) is 11.4 Å². The highest BCUT2D eigenvalue weighted by Gasteiger charge is 2.08. The minimum atomic E-state index is -1.01. The number of carboxylic acids is 1. The molecule has 4 heteroatoms. The number of nitrogen functional groups attached to an aromatic ring is 2. The largest absolute Gasteiger partial charge is 0.478 e. The smallest absolute Gasteiger partial charge is 0.337 e. The van der Waals surface area contributed by atoms with Crippen LogP contribution in [-0.2, 0) is 6.42 Å². The first-order valence-corrected chi connectivity index (χ1v) is 5.52. The van der Waals surface area contributed by atoms with Crippen molar-refractivity contribution in [3.05, 3.63) is 59.2 Å². The Morgan fingerprint density at radius 3 is 2.22 bits per heavy atom. The lowest BCUT2D eigenvalue weighted by atomic mass is 10.0. The lowest BCUT2D eigenvalue weighted by Crippen LogP contribution is -2.03. The van der Waals surface area contributed by atoms with Crippen molar-refractivity contribution in [1.82, 2.24) is 0 Å². The maximum absolute atomic E-state index is 11.0. The Kier molecular flexibility index (Phi) is 3.19. The Morgan fingerprint density at radius 1 is 1.00 bits per heavy atom. The van der Waals surface area contributed by atoms with E-state index in [-0.39, 0.29) is 11.3 Å². The van der Waals surface area contributed by atoms with E-state index < -0.39 is 5.97 Å².